The molecule has 2 aromatic rings. The fourth-order valence-corrected chi connectivity index (χ4v) is 4.37. The summed E-state index contributed by atoms with van der Waals surface area (Å²) >= 11 is 6.15. The summed E-state index contributed by atoms with van der Waals surface area (Å²) in [6, 6.07) is 13.1. The van der Waals surface area contributed by atoms with Crippen LogP contribution in [0.15, 0.2) is 36.4 Å². The highest BCUT2D eigenvalue weighted by atomic mass is 79.9. The number of rotatable bonds is 0. The van der Waals surface area contributed by atoms with Gasteiger partial charge in [0.05, 0.1) is 5.02 Å². The van der Waals surface area contributed by atoms with Crippen LogP contribution in [-0.4, -0.2) is 29.6 Å². The van der Waals surface area contributed by atoms with E-state index in [2.05, 4.69) is 36.2 Å². The summed E-state index contributed by atoms with van der Waals surface area (Å²) in [5.74, 6) is 0.530. The minimum absolute atomic E-state index is 0. The Morgan fingerprint density at radius 1 is 1.09 bits per heavy atom. The second kappa shape index (κ2) is 6.46. The zero-order chi connectivity index (χ0) is 15.3. The Hall–Kier alpha value is -1.03. The third-order valence-corrected chi connectivity index (χ3v) is 5.63. The summed E-state index contributed by atoms with van der Waals surface area (Å²) in [5, 5.41) is 10.6. The van der Waals surface area contributed by atoms with E-state index in [1.165, 1.54) is 28.7 Å². The lowest BCUT2D eigenvalue weighted by molar-refractivity contribution is 0.214. The third-order valence-electron chi connectivity index (χ3n) is 5.33. The molecule has 122 valence electrons. The summed E-state index contributed by atoms with van der Waals surface area (Å²) in [7, 11) is 2.22. The number of nitrogens with zero attached hydrogens (tertiary/aromatic N) is 1. The fraction of sp³-hybridized carbons (Fsp3) is 0.368. The lowest BCUT2D eigenvalue weighted by Crippen LogP contribution is -2.39. The van der Waals surface area contributed by atoms with Crippen LogP contribution in [0, 0.1) is 0 Å². The molecule has 0 unspecified atom stereocenters. The largest absolute Gasteiger partial charge is 0.506 e. The first-order valence-electron chi connectivity index (χ1n) is 7.94. The molecular weight excluding hydrogens is 374 g/mol. The van der Waals surface area contributed by atoms with Gasteiger partial charge in [-0.1, -0.05) is 35.9 Å². The van der Waals surface area contributed by atoms with E-state index in [9.17, 15) is 5.11 Å². The number of halogens is 2. The van der Waals surface area contributed by atoms with Crippen LogP contribution in [0.3, 0.4) is 0 Å². The summed E-state index contributed by atoms with van der Waals surface area (Å²) in [6.07, 6.45) is 3.29. The summed E-state index contributed by atoms with van der Waals surface area (Å²) in [5.41, 5.74) is 5.39. The van der Waals surface area contributed by atoms with Gasteiger partial charge in [-0.15, -0.1) is 17.0 Å². The maximum absolute atomic E-state index is 10.1. The van der Waals surface area contributed by atoms with Crippen LogP contribution in [0.25, 0.3) is 0 Å². The molecule has 1 aliphatic carbocycles. The molecule has 0 saturated carbocycles. The molecule has 2 nitrogen and oxygen atoms in total. The van der Waals surface area contributed by atoms with E-state index in [1.807, 2.05) is 12.1 Å². The minimum Gasteiger partial charge on any atom is -0.506 e. The number of hydrogen-bond acceptors (Lipinski definition) is 2. The highest BCUT2D eigenvalue weighted by Crippen LogP contribution is 2.44. The normalized spacial score (nSPS) is 23.0. The fourth-order valence-electron chi connectivity index (χ4n) is 4.18. The van der Waals surface area contributed by atoms with E-state index in [0.717, 1.165) is 19.4 Å². The van der Waals surface area contributed by atoms with Crippen LogP contribution in [0.2, 0.25) is 5.02 Å². The van der Waals surface area contributed by atoms with Crippen molar-refractivity contribution in [3.8, 4) is 5.75 Å². The van der Waals surface area contributed by atoms with Crippen molar-refractivity contribution in [1.29, 1.82) is 0 Å². The van der Waals surface area contributed by atoms with Crippen molar-refractivity contribution in [2.24, 2.45) is 0 Å². The first kappa shape index (κ1) is 16.8. The number of hydrogen-bond donors (Lipinski definition) is 1. The van der Waals surface area contributed by atoms with E-state index < -0.39 is 0 Å². The molecular formula is C19H21BrClNO. The Labute approximate surface area is 152 Å². The van der Waals surface area contributed by atoms with Crippen LogP contribution >= 0.6 is 28.6 Å². The van der Waals surface area contributed by atoms with Crippen LogP contribution in [0.1, 0.15) is 34.6 Å². The number of benzene rings is 2. The number of aryl methyl sites for hydroxylation is 1. The van der Waals surface area contributed by atoms with Gasteiger partial charge in [-0.2, -0.15) is 0 Å². The smallest absolute Gasteiger partial charge is 0.134 e. The molecule has 4 rings (SSSR count). The average molecular weight is 395 g/mol. The lowest BCUT2D eigenvalue weighted by atomic mass is 9.74. The maximum atomic E-state index is 10.1. The van der Waals surface area contributed by atoms with Crippen molar-refractivity contribution in [3.05, 3.63) is 63.7 Å². The number of phenols is 1. The van der Waals surface area contributed by atoms with E-state index in [4.69, 9.17) is 11.6 Å². The quantitative estimate of drug-likeness (QED) is 0.708. The molecule has 0 saturated heterocycles. The molecule has 0 radical (unpaired) electrons. The molecule has 1 aliphatic heterocycles. The third kappa shape index (κ3) is 2.79. The van der Waals surface area contributed by atoms with Crippen molar-refractivity contribution in [2.75, 3.05) is 13.6 Å². The molecule has 1 N–H and O–H groups in total. The molecule has 0 fully saturated rings. The summed E-state index contributed by atoms with van der Waals surface area (Å²) in [6.45, 7) is 1.04. The van der Waals surface area contributed by atoms with Crippen LogP contribution < -0.4 is 0 Å². The van der Waals surface area contributed by atoms with Gasteiger partial charge in [0.15, 0.2) is 0 Å². The van der Waals surface area contributed by atoms with Gasteiger partial charge < -0.3 is 10.0 Å². The van der Waals surface area contributed by atoms with Crippen molar-refractivity contribution in [3.63, 3.8) is 0 Å². The Morgan fingerprint density at radius 3 is 2.70 bits per heavy atom. The van der Waals surface area contributed by atoms with Gasteiger partial charge >= 0.3 is 0 Å². The van der Waals surface area contributed by atoms with E-state index in [1.54, 1.807) is 0 Å². The zero-order valence-corrected chi connectivity index (χ0v) is 15.6. The summed E-state index contributed by atoms with van der Waals surface area (Å²) < 4.78 is 0. The number of fused-ring (bicyclic) bond motifs is 5. The SMILES string of the molecule is Br.CN1CCc2cc(Cl)c(O)cc2[C@H]2c3ccccc3CC[C@@H]21. The standard InChI is InChI=1S/C19H20ClNO.BrH/c1-21-9-8-13-10-16(20)18(22)11-15(13)19-14-5-3-2-4-12(14)6-7-17(19)21;/h2-5,10-11,17,19,22H,6-9H2,1H3;1H/t17-,19+;/m0./s1. The number of aromatic hydroxyl groups is 1. The number of likely N-dealkylation sites (N-methyl/N-ethyl adjacent to an activating group) is 1. The van der Waals surface area contributed by atoms with E-state index >= 15 is 0 Å². The highest BCUT2D eigenvalue weighted by molar-refractivity contribution is 8.93. The van der Waals surface area contributed by atoms with Crippen molar-refractivity contribution >= 4 is 28.6 Å². The highest BCUT2D eigenvalue weighted by Gasteiger charge is 2.36. The minimum atomic E-state index is 0. The van der Waals surface area contributed by atoms with Gasteiger partial charge in [0.1, 0.15) is 5.75 Å². The molecule has 0 amide bonds. The molecule has 1 heterocycles. The zero-order valence-electron chi connectivity index (χ0n) is 13.1. The van der Waals surface area contributed by atoms with Crippen molar-refractivity contribution < 1.29 is 5.11 Å². The Balaban J connectivity index is 0.00000156. The van der Waals surface area contributed by atoms with E-state index in [0.29, 0.717) is 17.0 Å². The first-order chi connectivity index (χ1) is 10.6. The average Bonchev–Trinajstić information content (AvgIpc) is 2.66. The van der Waals surface area contributed by atoms with Crippen molar-refractivity contribution in [1.82, 2.24) is 4.90 Å². The summed E-state index contributed by atoms with van der Waals surface area (Å²) in [4.78, 5) is 2.48. The lowest BCUT2D eigenvalue weighted by Gasteiger charge is -2.38. The van der Waals surface area contributed by atoms with Gasteiger partial charge in [0.2, 0.25) is 0 Å². The Kier molecular flexibility index (Phi) is 4.73. The second-order valence-corrected chi connectivity index (χ2v) is 6.92. The predicted octanol–water partition coefficient (Wildman–Crippen LogP) is 4.56. The van der Waals surface area contributed by atoms with Gasteiger partial charge in [-0.3, -0.25) is 0 Å². The van der Waals surface area contributed by atoms with Crippen LogP contribution in [0.5, 0.6) is 5.75 Å². The molecule has 23 heavy (non-hydrogen) atoms. The van der Waals surface area contributed by atoms with Gasteiger partial charge in [0.25, 0.3) is 0 Å². The molecule has 4 heteroatoms. The molecule has 2 aliphatic rings. The monoisotopic (exact) mass is 393 g/mol. The van der Waals surface area contributed by atoms with Crippen LogP contribution in [0.4, 0.5) is 0 Å². The Morgan fingerprint density at radius 2 is 1.87 bits per heavy atom. The van der Waals surface area contributed by atoms with Crippen LogP contribution in [-0.2, 0) is 12.8 Å². The topological polar surface area (TPSA) is 23.5 Å². The maximum Gasteiger partial charge on any atom is 0.134 e. The molecule has 2 aromatic carbocycles. The van der Waals surface area contributed by atoms with Gasteiger partial charge in [-0.05, 0) is 60.7 Å². The molecule has 0 bridgehead atoms. The van der Waals surface area contributed by atoms with Gasteiger partial charge in [0, 0.05) is 18.5 Å². The van der Waals surface area contributed by atoms with Gasteiger partial charge in [-0.25, -0.2) is 0 Å². The predicted molar refractivity (Wildman–Crippen MR) is 100 cm³/mol. The molecule has 2 atom stereocenters. The second-order valence-electron chi connectivity index (χ2n) is 6.52. The molecule has 0 spiro atoms. The van der Waals surface area contributed by atoms with Crippen molar-refractivity contribution in [2.45, 2.75) is 31.2 Å². The molecule has 0 aromatic heterocycles. The van der Waals surface area contributed by atoms with E-state index in [-0.39, 0.29) is 22.7 Å². The first-order valence-corrected chi connectivity index (χ1v) is 8.32. The Bertz CT molecular complexity index is 733. The number of phenolic OH excluding ortho intramolecular Hbond substituents is 1.